The Morgan fingerprint density at radius 1 is 1.11 bits per heavy atom. The summed E-state index contributed by atoms with van der Waals surface area (Å²) in [6.07, 6.45) is 7.57. The van der Waals surface area contributed by atoms with Gasteiger partial charge in [-0.2, -0.15) is 0 Å². The van der Waals surface area contributed by atoms with Crippen molar-refractivity contribution in [2.45, 2.75) is 37.6 Å². The van der Waals surface area contributed by atoms with Crippen molar-refractivity contribution in [2.24, 2.45) is 0 Å². The number of tetrazole rings is 1. The molecule has 1 aromatic carbocycles. The Morgan fingerprint density at radius 3 is 2.52 bits per heavy atom. The molecule has 27 heavy (non-hydrogen) atoms. The van der Waals surface area contributed by atoms with Crippen LogP contribution in [0.25, 0.3) is 5.69 Å². The van der Waals surface area contributed by atoms with Gasteiger partial charge < -0.3 is 10.1 Å². The molecular weight excluding hydrogens is 344 g/mol. The minimum Gasteiger partial charge on any atom is -0.379 e. The summed E-state index contributed by atoms with van der Waals surface area (Å²) in [6, 6.07) is 7.33. The molecule has 4 rings (SSSR count). The highest BCUT2D eigenvalue weighted by Crippen LogP contribution is 2.34. The number of carbonyl (C=O) groups excluding carboxylic acids is 1. The molecular formula is C19H26N6O2. The highest BCUT2D eigenvalue weighted by atomic mass is 16.5. The third-order valence-electron chi connectivity index (χ3n) is 5.79. The molecule has 2 heterocycles. The number of carbonyl (C=O) groups is 1. The second kappa shape index (κ2) is 8.14. The zero-order valence-electron chi connectivity index (χ0n) is 15.5. The number of ether oxygens (including phenoxy) is 1. The van der Waals surface area contributed by atoms with Gasteiger partial charge in [-0.15, -0.1) is 5.10 Å². The Kier molecular flexibility index (Phi) is 5.45. The van der Waals surface area contributed by atoms with Crippen LogP contribution in [-0.2, 0) is 4.74 Å². The molecule has 1 N–H and O–H groups in total. The van der Waals surface area contributed by atoms with Crippen molar-refractivity contribution in [1.29, 1.82) is 0 Å². The number of rotatable bonds is 5. The topological polar surface area (TPSA) is 85.2 Å². The Morgan fingerprint density at radius 2 is 1.85 bits per heavy atom. The summed E-state index contributed by atoms with van der Waals surface area (Å²) < 4.78 is 7.09. The van der Waals surface area contributed by atoms with E-state index in [0.717, 1.165) is 44.8 Å². The van der Waals surface area contributed by atoms with Crippen LogP contribution in [0.1, 0.15) is 42.5 Å². The Labute approximate surface area is 158 Å². The Bertz CT molecular complexity index is 734. The second-order valence-corrected chi connectivity index (χ2v) is 7.37. The summed E-state index contributed by atoms with van der Waals surface area (Å²) in [4.78, 5) is 15.2. The van der Waals surface area contributed by atoms with E-state index in [9.17, 15) is 4.79 Å². The van der Waals surface area contributed by atoms with E-state index in [-0.39, 0.29) is 11.4 Å². The molecule has 2 aliphatic rings. The van der Waals surface area contributed by atoms with Crippen molar-refractivity contribution in [1.82, 2.24) is 30.4 Å². The van der Waals surface area contributed by atoms with Gasteiger partial charge in [-0.25, -0.2) is 4.68 Å². The number of nitrogens with zero attached hydrogens (tertiary/aromatic N) is 5. The molecule has 0 bridgehead atoms. The Balaban J connectivity index is 1.41. The van der Waals surface area contributed by atoms with Gasteiger partial charge in [0.2, 0.25) is 0 Å². The van der Waals surface area contributed by atoms with Gasteiger partial charge in [0.1, 0.15) is 6.33 Å². The standard InChI is InChI=1S/C19H26N6O2/c26-18(16-4-6-17(7-5-16)25-15-21-22-23-25)20-14-19(8-2-1-3-9-19)24-10-12-27-13-11-24/h4-7,15H,1-3,8-14H2,(H,20,26). The molecule has 8 heteroatoms. The van der Waals surface area contributed by atoms with Crippen molar-refractivity contribution in [2.75, 3.05) is 32.8 Å². The number of hydrogen-bond acceptors (Lipinski definition) is 6. The highest BCUT2D eigenvalue weighted by molar-refractivity contribution is 5.94. The first-order valence-corrected chi connectivity index (χ1v) is 9.71. The van der Waals surface area contributed by atoms with E-state index >= 15 is 0 Å². The highest BCUT2D eigenvalue weighted by Gasteiger charge is 2.38. The normalized spacial score (nSPS) is 20.3. The van der Waals surface area contributed by atoms with E-state index in [2.05, 4.69) is 25.7 Å². The molecule has 144 valence electrons. The maximum atomic E-state index is 12.7. The van der Waals surface area contributed by atoms with Crippen LogP contribution >= 0.6 is 0 Å². The van der Waals surface area contributed by atoms with Crippen LogP contribution in [0.4, 0.5) is 0 Å². The van der Waals surface area contributed by atoms with Gasteiger partial charge in [0.25, 0.3) is 5.91 Å². The molecule has 1 amide bonds. The smallest absolute Gasteiger partial charge is 0.251 e. The summed E-state index contributed by atoms with van der Waals surface area (Å²) in [6.45, 7) is 4.18. The van der Waals surface area contributed by atoms with Crippen molar-refractivity contribution >= 4 is 5.91 Å². The lowest BCUT2D eigenvalue weighted by Crippen LogP contribution is -2.59. The summed E-state index contributed by atoms with van der Waals surface area (Å²) >= 11 is 0. The third kappa shape index (κ3) is 4.01. The zero-order chi connectivity index (χ0) is 18.5. The maximum absolute atomic E-state index is 12.7. The van der Waals surface area contributed by atoms with Crippen molar-refractivity contribution < 1.29 is 9.53 Å². The van der Waals surface area contributed by atoms with E-state index in [0.29, 0.717) is 12.1 Å². The monoisotopic (exact) mass is 370 g/mol. The summed E-state index contributed by atoms with van der Waals surface area (Å²) in [5.41, 5.74) is 1.55. The molecule has 1 aliphatic carbocycles. The average Bonchev–Trinajstić information content (AvgIpc) is 3.28. The first kappa shape index (κ1) is 18.1. The van der Waals surface area contributed by atoms with Crippen LogP contribution in [0.15, 0.2) is 30.6 Å². The summed E-state index contributed by atoms with van der Waals surface area (Å²) in [5.74, 6) is -0.0310. The average molecular weight is 370 g/mol. The Hall–Kier alpha value is -2.32. The molecule has 0 unspecified atom stereocenters. The van der Waals surface area contributed by atoms with E-state index in [1.807, 2.05) is 24.3 Å². The van der Waals surface area contributed by atoms with E-state index in [1.165, 1.54) is 25.6 Å². The summed E-state index contributed by atoms with van der Waals surface area (Å²) in [5, 5.41) is 14.3. The second-order valence-electron chi connectivity index (χ2n) is 7.37. The van der Waals surface area contributed by atoms with Crippen LogP contribution < -0.4 is 5.32 Å². The molecule has 1 saturated heterocycles. The zero-order valence-corrected chi connectivity index (χ0v) is 15.5. The van der Waals surface area contributed by atoms with Gasteiger partial charge in [-0.1, -0.05) is 19.3 Å². The van der Waals surface area contributed by atoms with E-state index in [1.54, 1.807) is 4.68 Å². The fourth-order valence-corrected chi connectivity index (χ4v) is 4.24. The van der Waals surface area contributed by atoms with Crippen molar-refractivity contribution in [3.8, 4) is 5.69 Å². The molecule has 0 spiro atoms. The van der Waals surface area contributed by atoms with Gasteiger partial charge in [-0.05, 0) is 47.5 Å². The lowest BCUT2D eigenvalue weighted by molar-refractivity contribution is -0.0361. The van der Waals surface area contributed by atoms with Gasteiger partial charge in [0, 0.05) is 30.7 Å². The van der Waals surface area contributed by atoms with Crippen LogP contribution in [0.5, 0.6) is 0 Å². The van der Waals surface area contributed by atoms with Crippen LogP contribution in [-0.4, -0.2) is 69.4 Å². The number of amides is 1. The largest absolute Gasteiger partial charge is 0.379 e. The van der Waals surface area contributed by atoms with Gasteiger partial charge in [0.15, 0.2) is 0 Å². The minimum atomic E-state index is -0.0310. The van der Waals surface area contributed by atoms with Gasteiger partial charge in [0.05, 0.1) is 18.9 Å². The van der Waals surface area contributed by atoms with Crippen LogP contribution in [0.2, 0.25) is 0 Å². The minimum absolute atomic E-state index is 0.0310. The van der Waals surface area contributed by atoms with Gasteiger partial charge in [-0.3, -0.25) is 9.69 Å². The van der Waals surface area contributed by atoms with Crippen molar-refractivity contribution in [3.63, 3.8) is 0 Å². The van der Waals surface area contributed by atoms with Gasteiger partial charge >= 0.3 is 0 Å². The quantitative estimate of drug-likeness (QED) is 0.857. The number of aromatic nitrogens is 4. The maximum Gasteiger partial charge on any atom is 0.251 e. The lowest BCUT2D eigenvalue weighted by atomic mass is 9.79. The lowest BCUT2D eigenvalue weighted by Gasteiger charge is -2.48. The number of hydrogen-bond donors (Lipinski definition) is 1. The number of morpholine rings is 1. The molecule has 0 radical (unpaired) electrons. The molecule has 0 atom stereocenters. The van der Waals surface area contributed by atoms with E-state index in [4.69, 9.17) is 4.74 Å². The first-order chi connectivity index (χ1) is 13.3. The fourth-order valence-electron chi connectivity index (χ4n) is 4.24. The third-order valence-corrected chi connectivity index (χ3v) is 5.79. The predicted molar refractivity (Wildman–Crippen MR) is 99.7 cm³/mol. The van der Waals surface area contributed by atoms with Crippen LogP contribution in [0, 0.1) is 0 Å². The fraction of sp³-hybridized carbons (Fsp3) is 0.579. The molecule has 1 saturated carbocycles. The molecule has 1 aromatic heterocycles. The molecule has 2 aromatic rings. The summed E-state index contributed by atoms with van der Waals surface area (Å²) in [7, 11) is 0. The molecule has 1 aliphatic heterocycles. The number of benzene rings is 1. The van der Waals surface area contributed by atoms with Crippen LogP contribution in [0.3, 0.4) is 0 Å². The number of nitrogens with one attached hydrogen (secondary N) is 1. The molecule has 2 fully saturated rings. The molecule has 8 nitrogen and oxygen atoms in total. The SMILES string of the molecule is O=C(NCC1(N2CCOCC2)CCCCC1)c1ccc(-n2cnnn2)cc1. The van der Waals surface area contributed by atoms with E-state index < -0.39 is 0 Å². The first-order valence-electron chi connectivity index (χ1n) is 9.71. The predicted octanol–water partition coefficient (Wildman–Crippen LogP) is 1.43. The van der Waals surface area contributed by atoms with Crippen molar-refractivity contribution in [3.05, 3.63) is 36.2 Å².